The Morgan fingerprint density at radius 2 is 1.49 bits per heavy atom. The number of anilines is 1. The number of thioether (sulfide) groups is 1. The number of carbonyl (C=O) groups excluding carboxylic acids is 5. The van der Waals surface area contributed by atoms with E-state index in [-0.39, 0.29) is 74.0 Å². The van der Waals surface area contributed by atoms with Gasteiger partial charge in [-0.25, -0.2) is 4.79 Å². The van der Waals surface area contributed by atoms with Crippen molar-refractivity contribution in [2.45, 2.75) is 102 Å². The lowest BCUT2D eigenvalue weighted by Gasteiger charge is -2.31. The van der Waals surface area contributed by atoms with Gasteiger partial charge in [-0.1, -0.05) is 33.8 Å². The highest BCUT2D eigenvalue weighted by molar-refractivity contribution is 8.08. The Kier molecular flexibility index (Phi) is 20.7. The smallest absolute Gasteiger partial charge is 0.333 e. The van der Waals surface area contributed by atoms with Gasteiger partial charge in [0, 0.05) is 38.5 Å². The van der Waals surface area contributed by atoms with Crippen LogP contribution in [0.3, 0.4) is 0 Å². The topological polar surface area (TPSA) is 244 Å². The lowest BCUT2D eigenvalue weighted by molar-refractivity contribution is -0.195. The summed E-state index contributed by atoms with van der Waals surface area (Å²) in [5, 5.41) is 26.7. The van der Waals surface area contributed by atoms with Crippen molar-refractivity contribution < 1.29 is 72.1 Å². The van der Waals surface area contributed by atoms with Crippen LogP contribution >= 0.6 is 11.8 Å². The SMILES string of the molecule is CC(=O)OCc1ccc(NC(=O)C2SC2NC(=O)C(NC(=O)CCOCCOCCOCCOCCC(=O)C(C)C)C(C)C)c(OC2CC(O)CC(C(=O)O)O2)c1. The first-order valence-corrected chi connectivity index (χ1v) is 20.0. The second kappa shape index (κ2) is 24.8. The molecule has 6 unspecified atom stereocenters. The normalized spacial score (nSPS) is 20.7. The molecule has 0 radical (unpaired) electrons. The van der Waals surface area contributed by atoms with Crippen LogP contribution in [0.5, 0.6) is 5.75 Å². The molecule has 1 aromatic rings. The minimum Gasteiger partial charge on any atom is -0.479 e. The molecule has 2 fully saturated rings. The molecule has 6 atom stereocenters. The van der Waals surface area contributed by atoms with E-state index in [1.54, 1.807) is 19.9 Å². The highest BCUT2D eigenvalue weighted by Crippen LogP contribution is 2.41. The van der Waals surface area contributed by atoms with Crippen LogP contribution in [0.2, 0.25) is 0 Å². The molecule has 19 heteroatoms. The zero-order valence-corrected chi connectivity index (χ0v) is 34.0. The summed E-state index contributed by atoms with van der Waals surface area (Å²) >= 11 is 1.20. The van der Waals surface area contributed by atoms with Crippen molar-refractivity contribution in [1.29, 1.82) is 0 Å². The fourth-order valence-corrected chi connectivity index (χ4v) is 6.09. The number of hydrogen-bond donors (Lipinski definition) is 5. The van der Waals surface area contributed by atoms with E-state index >= 15 is 0 Å². The Labute approximate surface area is 336 Å². The third-order valence-corrected chi connectivity index (χ3v) is 9.72. The molecule has 5 N–H and O–H groups in total. The number of carboxylic acids is 1. The molecule has 18 nitrogen and oxygen atoms in total. The fraction of sp³-hybridized carbons (Fsp3) is 0.684. The molecule has 0 saturated carbocycles. The summed E-state index contributed by atoms with van der Waals surface area (Å²) in [5.41, 5.74) is 0.724. The van der Waals surface area contributed by atoms with Gasteiger partial charge in [-0.2, -0.15) is 0 Å². The number of ether oxygens (including phenoxy) is 7. The maximum absolute atomic E-state index is 13.3. The Balaban J connectivity index is 1.37. The fourth-order valence-electron chi connectivity index (χ4n) is 5.30. The first kappa shape index (κ1) is 47.5. The van der Waals surface area contributed by atoms with Crippen molar-refractivity contribution in [2.24, 2.45) is 11.8 Å². The van der Waals surface area contributed by atoms with E-state index in [1.807, 2.05) is 13.8 Å². The van der Waals surface area contributed by atoms with Gasteiger partial charge in [0.25, 0.3) is 0 Å². The van der Waals surface area contributed by atoms with E-state index in [4.69, 9.17) is 33.2 Å². The zero-order chi connectivity index (χ0) is 41.9. The number of rotatable bonds is 27. The summed E-state index contributed by atoms with van der Waals surface area (Å²) in [5.74, 6) is -3.02. The Hall–Kier alpha value is -3.85. The second-order valence-corrected chi connectivity index (χ2v) is 15.4. The number of carboxylic acid groups (broad SMARTS) is 1. The van der Waals surface area contributed by atoms with Crippen LogP contribution in [0, 0.1) is 11.8 Å². The van der Waals surface area contributed by atoms with E-state index < -0.39 is 58.9 Å². The quantitative estimate of drug-likeness (QED) is 0.0482. The molecule has 2 aliphatic rings. The van der Waals surface area contributed by atoms with Gasteiger partial charge < -0.3 is 59.3 Å². The number of hydrogen-bond acceptors (Lipinski definition) is 15. The van der Waals surface area contributed by atoms with Crippen molar-refractivity contribution in [2.75, 3.05) is 58.2 Å². The van der Waals surface area contributed by atoms with Gasteiger partial charge in [-0.3, -0.25) is 24.0 Å². The van der Waals surface area contributed by atoms with E-state index in [2.05, 4.69) is 16.0 Å². The predicted octanol–water partition coefficient (Wildman–Crippen LogP) is 1.79. The van der Waals surface area contributed by atoms with Gasteiger partial charge in [0.2, 0.25) is 24.0 Å². The summed E-state index contributed by atoms with van der Waals surface area (Å²) in [6.45, 7) is 11.1. The third-order valence-electron chi connectivity index (χ3n) is 8.57. The molecular weight excluding hydrogens is 770 g/mol. The molecule has 57 heavy (non-hydrogen) atoms. The van der Waals surface area contributed by atoms with Crippen LogP contribution in [0.15, 0.2) is 18.2 Å². The molecule has 0 aromatic heterocycles. The molecule has 2 heterocycles. The van der Waals surface area contributed by atoms with Gasteiger partial charge in [0.15, 0.2) is 6.10 Å². The first-order valence-electron chi connectivity index (χ1n) is 19.0. The number of aliphatic carboxylic acids is 1. The Morgan fingerprint density at radius 1 is 0.877 bits per heavy atom. The molecule has 320 valence electrons. The molecule has 2 saturated heterocycles. The van der Waals surface area contributed by atoms with Gasteiger partial charge in [-0.15, -0.1) is 11.8 Å². The number of nitrogens with one attached hydrogen (secondary N) is 3. The molecule has 0 bridgehead atoms. The van der Waals surface area contributed by atoms with E-state index in [1.165, 1.54) is 30.8 Å². The van der Waals surface area contributed by atoms with Crippen molar-refractivity contribution in [1.82, 2.24) is 10.6 Å². The highest BCUT2D eigenvalue weighted by atomic mass is 32.2. The number of Topliss-reactive ketones (excluding diaryl/α,β-unsaturated/α-hetero) is 1. The number of aliphatic hydroxyl groups excluding tert-OH is 1. The van der Waals surface area contributed by atoms with E-state index in [9.17, 15) is 39.0 Å². The second-order valence-electron chi connectivity index (χ2n) is 14.1. The maximum Gasteiger partial charge on any atom is 0.333 e. The van der Waals surface area contributed by atoms with Crippen molar-refractivity contribution in [3.63, 3.8) is 0 Å². The molecule has 0 spiro atoms. The van der Waals surface area contributed by atoms with Crippen molar-refractivity contribution in [3.8, 4) is 5.75 Å². The lowest BCUT2D eigenvalue weighted by atomic mass is 10.0. The van der Waals surface area contributed by atoms with E-state index in [0.717, 1.165) is 0 Å². The van der Waals surface area contributed by atoms with Gasteiger partial charge >= 0.3 is 11.9 Å². The zero-order valence-electron chi connectivity index (χ0n) is 33.2. The largest absolute Gasteiger partial charge is 0.479 e. The van der Waals surface area contributed by atoms with Gasteiger partial charge in [0.1, 0.15) is 29.4 Å². The van der Waals surface area contributed by atoms with Gasteiger partial charge in [0.05, 0.1) is 70.0 Å². The predicted molar refractivity (Wildman–Crippen MR) is 205 cm³/mol. The third kappa shape index (κ3) is 18.1. The molecule has 3 rings (SSSR count). The molecule has 3 amide bonds. The molecule has 2 aliphatic heterocycles. The summed E-state index contributed by atoms with van der Waals surface area (Å²) in [7, 11) is 0. The number of esters is 1. The summed E-state index contributed by atoms with van der Waals surface area (Å²) in [6.07, 6.45) is -3.13. The standard InChI is InChI=1S/C38H57N3O15S/c1-22(2)28(44)8-10-50-12-14-52-16-17-53-15-13-51-11-9-31(45)40-33(23(3)4)35(46)41-37-34(57-37)36(47)39-27-7-6-25(21-54-24(5)42)18-29(27)55-32-20-26(43)19-30(56-32)38(48)49/h6-7,18,22-23,26,30,32-34,37,43H,8-17,19-21H2,1-5H3,(H,39,47)(H,40,45)(H,41,46)(H,48,49). The van der Waals surface area contributed by atoms with Crippen LogP contribution < -0.4 is 20.7 Å². The Bertz CT molecular complexity index is 1500. The molecular formula is C38H57N3O15S. The van der Waals surface area contributed by atoms with Crippen molar-refractivity contribution >= 4 is 52.9 Å². The van der Waals surface area contributed by atoms with Crippen LogP contribution in [-0.2, 0) is 63.8 Å². The monoisotopic (exact) mass is 827 g/mol. The first-order chi connectivity index (χ1) is 27.1. The highest BCUT2D eigenvalue weighted by Gasteiger charge is 2.47. The summed E-state index contributed by atoms with van der Waals surface area (Å²) in [4.78, 5) is 73.5. The summed E-state index contributed by atoms with van der Waals surface area (Å²) in [6, 6.07) is 3.78. The van der Waals surface area contributed by atoms with Crippen molar-refractivity contribution in [3.05, 3.63) is 23.8 Å². The Morgan fingerprint density at radius 3 is 2.07 bits per heavy atom. The van der Waals surface area contributed by atoms with Crippen LogP contribution in [0.25, 0.3) is 0 Å². The number of ketones is 1. The number of carbonyl (C=O) groups is 6. The minimum atomic E-state index is -1.29. The van der Waals surface area contributed by atoms with Crippen LogP contribution in [0.1, 0.15) is 65.9 Å². The number of amides is 3. The number of benzene rings is 1. The average molecular weight is 828 g/mol. The average Bonchev–Trinajstić information content (AvgIpc) is 3.92. The molecule has 1 aromatic carbocycles. The molecule has 0 aliphatic carbocycles. The lowest BCUT2D eigenvalue weighted by Crippen LogP contribution is -2.51. The minimum absolute atomic E-state index is 0.00684. The number of aliphatic hydroxyl groups is 1. The van der Waals surface area contributed by atoms with Gasteiger partial charge in [-0.05, 0) is 23.6 Å². The summed E-state index contributed by atoms with van der Waals surface area (Å²) < 4.78 is 38.2. The van der Waals surface area contributed by atoms with Crippen LogP contribution in [-0.4, -0.2) is 134 Å². The van der Waals surface area contributed by atoms with E-state index in [0.29, 0.717) is 51.6 Å². The maximum atomic E-state index is 13.3. The van der Waals surface area contributed by atoms with Crippen LogP contribution in [0.4, 0.5) is 5.69 Å².